The Balaban J connectivity index is 1.37. The van der Waals surface area contributed by atoms with Gasteiger partial charge in [0.25, 0.3) is 0 Å². The number of aromatic amines is 1. The monoisotopic (exact) mass is 452 g/mol. The van der Waals surface area contributed by atoms with E-state index in [1.165, 1.54) is 18.5 Å². The molecule has 5 aromatic rings. The molecule has 0 saturated heterocycles. The summed E-state index contributed by atoms with van der Waals surface area (Å²) in [5.41, 5.74) is 2.87. The smallest absolute Gasteiger partial charge is 0.305 e. The van der Waals surface area contributed by atoms with Crippen LogP contribution in [0.4, 0.5) is 4.39 Å². The van der Waals surface area contributed by atoms with Gasteiger partial charge in [-0.05, 0) is 55.3 Å². The highest BCUT2D eigenvalue weighted by Crippen LogP contribution is 2.45. The van der Waals surface area contributed by atoms with Crippen molar-refractivity contribution in [3.8, 4) is 23.3 Å². The first-order valence-corrected chi connectivity index (χ1v) is 10.7. The Labute approximate surface area is 192 Å². The molecule has 10 heteroatoms. The summed E-state index contributed by atoms with van der Waals surface area (Å²) < 4.78 is 17.6. The van der Waals surface area contributed by atoms with E-state index in [-0.39, 0.29) is 23.5 Å². The Morgan fingerprint density at radius 1 is 1.12 bits per heavy atom. The maximum absolute atomic E-state index is 14.1. The molecule has 3 aromatic heterocycles. The Morgan fingerprint density at radius 3 is 2.76 bits per heavy atom. The molecule has 0 bridgehead atoms. The second-order valence-corrected chi connectivity index (χ2v) is 8.26. The van der Waals surface area contributed by atoms with E-state index in [2.05, 4.69) is 31.2 Å². The average molecular weight is 452 g/mol. The molecule has 34 heavy (non-hydrogen) atoms. The van der Waals surface area contributed by atoms with Gasteiger partial charge in [-0.25, -0.2) is 19.2 Å². The summed E-state index contributed by atoms with van der Waals surface area (Å²) in [6, 6.07) is 15.2. The molecule has 0 spiro atoms. The first kappa shape index (κ1) is 20.0. The SMILES string of the molecule is N#Cc1ccc2c(c1)[nH]c(=O)n2C1CC(c2nnc(-c3ccncn3)n2-c2cccc(F)c2)C1. The Kier molecular flexibility index (Phi) is 4.55. The maximum Gasteiger partial charge on any atom is 0.326 e. The van der Waals surface area contributed by atoms with Gasteiger partial charge in [0.05, 0.1) is 28.4 Å². The normalized spacial score (nSPS) is 17.4. The summed E-state index contributed by atoms with van der Waals surface area (Å²) in [6.07, 6.45) is 4.39. The van der Waals surface area contributed by atoms with Crippen molar-refractivity contribution in [1.29, 1.82) is 5.26 Å². The molecule has 1 fully saturated rings. The number of H-pyrrole nitrogens is 1. The van der Waals surface area contributed by atoms with E-state index in [1.54, 1.807) is 47.2 Å². The third-order valence-corrected chi connectivity index (χ3v) is 6.25. The fourth-order valence-corrected chi connectivity index (χ4v) is 4.59. The summed E-state index contributed by atoms with van der Waals surface area (Å²) in [4.78, 5) is 23.8. The van der Waals surface area contributed by atoms with E-state index in [4.69, 9.17) is 5.26 Å². The molecule has 3 heterocycles. The van der Waals surface area contributed by atoms with Crippen LogP contribution in [0.2, 0.25) is 0 Å². The van der Waals surface area contributed by atoms with Crippen molar-refractivity contribution in [3.05, 3.63) is 88.7 Å². The minimum Gasteiger partial charge on any atom is -0.305 e. The van der Waals surface area contributed by atoms with Crippen LogP contribution in [0, 0.1) is 17.1 Å². The largest absolute Gasteiger partial charge is 0.326 e. The maximum atomic E-state index is 14.1. The van der Waals surface area contributed by atoms with E-state index in [9.17, 15) is 9.18 Å². The lowest BCUT2D eigenvalue weighted by Crippen LogP contribution is -2.32. The van der Waals surface area contributed by atoms with Gasteiger partial charge in [0.15, 0.2) is 5.82 Å². The number of fused-ring (bicyclic) bond motifs is 1. The molecule has 6 rings (SSSR count). The summed E-state index contributed by atoms with van der Waals surface area (Å²) >= 11 is 0. The van der Waals surface area contributed by atoms with E-state index < -0.39 is 0 Å². The van der Waals surface area contributed by atoms with Crippen molar-refractivity contribution in [3.63, 3.8) is 0 Å². The van der Waals surface area contributed by atoms with E-state index in [1.807, 2.05) is 4.57 Å². The number of aromatic nitrogens is 7. The number of nitrogens with zero attached hydrogens (tertiary/aromatic N) is 7. The lowest BCUT2D eigenvalue weighted by Gasteiger charge is -2.35. The molecular weight excluding hydrogens is 435 g/mol. The molecule has 1 saturated carbocycles. The van der Waals surface area contributed by atoms with Crippen molar-refractivity contribution in [1.82, 2.24) is 34.3 Å². The van der Waals surface area contributed by atoms with Crippen LogP contribution in [0.5, 0.6) is 0 Å². The van der Waals surface area contributed by atoms with Gasteiger partial charge in [-0.15, -0.1) is 10.2 Å². The van der Waals surface area contributed by atoms with Crippen LogP contribution in [-0.2, 0) is 0 Å². The third-order valence-electron chi connectivity index (χ3n) is 6.25. The van der Waals surface area contributed by atoms with Gasteiger partial charge in [-0.3, -0.25) is 9.13 Å². The molecule has 0 unspecified atom stereocenters. The van der Waals surface area contributed by atoms with Crippen LogP contribution >= 0.6 is 0 Å². The number of nitrogens with one attached hydrogen (secondary N) is 1. The van der Waals surface area contributed by atoms with Gasteiger partial charge >= 0.3 is 5.69 Å². The zero-order chi connectivity index (χ0) is 23.2. The standard InChI is InChI=1S/C24H17FN8O/c25-16-2-1-3-17(11-16)33-22(30-31-23(33)19-6-7-27-13-28-19)15-9-18(10-15)32-21-5-4-14(12-26)8-20(21)29-24(32)34/h1-8,11,13,15,18H,9-10H2,(H,29,34). The molecule has 0 amide bonds. The Bertz CT molecular complexity index is 1620. The van der Waals surface area contributed by atoms with Crippen molar-refractivity contribution in [2.75, 3.05) is 0 Å². The predicted molar refractivity (Wildman–Crippen MR) is 121 cm³/mol. The van der Waals surface area contributed by atoms with E-state index in [0.717, 1.165) is 5.52 Å². The number of halogens is 1. The lowest BCUT2D eigenvalue weighted by molar-refractivity contribution is 0.254. The summed E-state index contributed by atoms with van der Waals surface area (Å²) in [5.74, 6) is 0.848. The summed E-state index contributed by atoms with van der Waals surface area (Å²) in [5, 5.41) is 17.9. The molecule has 166 valence electrons. The first-order valence-electron chi connectivity index (χ1n) is 10.7. The summed E-state index contributed by atoms with van der Waals surface area (Å²) in [7, 11) is 0. The predicted octanol–water partition coefficient (Wildman–Crippen LogP) is 3.50. The zero-order valence-electron chi connectivity index (χ0n) is 17.8. The Morgan fingerprint density at radius 2 is 2.00 bits per heavy atom. The molecule has 9 nitrogen and oxygen atoms in total. The molecule has 1 aliphatic rings. The van der Waals surface area contributed by atoms with Crippen molar-refractivity contribution >= 4 is 11.0 Å². The molecule has 1 aliphatic carbocycles. The number of nitriles is 1. The quantitative estimate of drug-likeness (QED) is 0.446. The second kappa shape index (κ2) is 7.74. The van der Waals surface area contributed by atoms with Gasteiger partial charge in [0, 0.05) is 18.2 Å². The molecular formula is C24H17FN8O. The molecule has 2 aromatic carbocycles. The van der Waals surface area contributed by atoms with Crippen LogP contribution < -0.4 is 5.69 Å². The Hall–Kier alpha value is -4.65. The number of imidazole rings is 1. The molecule has 0 aliphatic heterocycles. The van der Waals surface area contributed by atoms with E-state index >= 15 is 0 Å². The van der Waals surface area contributed by atoms with Crippen molar-refractivity contribution in [2.45, 2.75) is 24.8 Å². The van der Waals surface area contributed by atoms with Crippen LogP contribution in [0.25, 0.3) is 28.2 Å². The van der Waals surface area contributed by atoms with Crippen molar-refractivity contribution < 1.29 is 4.39 Å². The van der Waals surface area contributed by atoms with Gasteiger partial charge < -0.3 is 4.98 Å². The highest BCUT2D eigenvalue weighted by Gasteiger charge is 2.37. The zero-order valence-corrected chi connectivity index (χ0v) is 17.8. The van der Waals surface area contributed by atoms with Crippen LogP contribution in [0.15, 0.2) is 65.8 Å². The highest BCUT2D eigenvalue weighted by atomic mass is 19.1. The fourth-order valence-electron chi connectivity index (χ4n) is 4.59. The van der Waals surface area contributed by atoms with Gasteiger partial charge in [-0.2, -0.15) is 5.26 Å². The summed E-state index contributed by atoms with van der Waals surface area (Å²) in [6.45, 7) is 0. The van der Waals surface area contributed by atoms with Gasteiger partial charge in [0.2, 0.25) is 0 Å². The average Bonchev–Trinajstić information content (AvgIpc) is 3.40. The highest BCUT2D eigenvalue weighted by molar-refractivity contribution is 5.77. The topological polar surface area (TPSA) is 118 Å². The minimum absolute atomic E-state index is 0.0200. The number of benzene rings is 2. The van der Waals surface area contributed by atoms with Gasteiger partial charge in [-0.1, -0.05) is 6.07 Å². The molecule has 1 N–H and O–H groups in total. The fraction of sp³-hybridized carbons (Fsp3) is 0.167. The second-order valence-electron chi connectivity index (χ2n) is 8.26. The molecule has 0 radical (unpaired) electrons. The number of hydrogen-bond acceptors (Lipinski definition) is 6. The van der Waals surface area contributed by atoms with Crippen LogP contribution in [0.1, 0.15) is 36.2 Å². The number of hydrogen-bond donors (Lipinski definition) is 1. The first-order chi connectivity index (χ1) is 16.6. The molecule has 0 atom stereocenters. The third kappa shape index (κ3) is 3.17. The number of rotatable bonds is 4. The van der Waals surface area contributed by atoms with Crippen LogP contribution in [-0.4, -0.2) is 34.3 Å². The lowest BCUT2D eigenvalue weighted by atomic mass is 9.79. The van der Waals surface area contributed by atoms with Crippen LogP contribution in [0.3, 0.4) is 0 Å². The van der Waals surface area contributed by atoms with E-state index in [0.29, 0.717) is 47.0 Å². The van der Waals surface area contributed by atoms with Gasteiger partial charge in [0.1, 0.15) is 23.7 Å². The minimum atomic E-state index is -0.362. The van der Waals surface area contributed by atoms with Crippen molar-refractivity contribution in [2.24, 2.45) is 0 Å².